The number of thioether (sulfide) groups is 1. The van der Waals surface area contributed by atoms with Gasteiger partial charge in [0.05, 0.1) is 17.9 Å². The summed E-state index contributed by atoms with van der Waals surface area (Å²) in [4.78, 5) is 24.6. The van der Waals surface area contributed by atoms with Crippen LogP contribution >= 0.6 is 11.8 Å². The first-order valence-corrected chi connectivity index (χ1v) is 7.92. The van der Waals surface area contributed by atoms with Crippen LogP contribution in [0, 0.1) is 0 Å². The third kappa shape index (κ3) is 4.93. The average molecular weight is 315 g/mol. The molecule has 114 valence electrons. The van der Waals surface area contributed by atoms with Crippen LogP contribution in [0.5, 0.6) is 0 Å². The summed E-state index contributed by atoms with van der Waals surface area (Å²) in [5.41, 5.74) is 1.01. The molecule has 0 aliphatic carbocycles. The molecule has 22 heavy (non-hydrogen) atoms. The van der Waals surface area contributed by atoms with Crippen molar-refractivity contribution in [3.8, 4) is 0 Å². The van der Waals surface area contributed by atoms with Crippen molar-refractivity contribution >= 4 is 29.3 Å². The van der Waals surface area contributed by atoms with Crippen molar-refractivity contribution in [2.75, 3.05) is 17.7 Å². The number of esters is 1. The van der Waals surface area contributed by atoms with E-state index in [-0.39, 0.29) is 5.91 Å². The summed E-state index contributed by atoms with van der Waals surface area (Å²) in [6, 6.07) is 16.4. The predicted octanol–water partition coefficient (Wildman–Crippen LogP) is 3.59. The normalized spacial score (nSPS) is 10.0. The van der Waals surface area contributed by atoms with Crippen LogP contribution in [-0.2, 0) is 9.53 Å². The summed E-state index contributed by atoms with van der Waals surface area (Å²) in [7, 11) is 0. The molecule has 0 unspecified atom stereocenters. The number of hydrogen-bond acceptors (Lipinski definition) is 4. The number of rotatable bonds is 6. The lowest BCUT2D eigenvalue weighted by Gasteiger charge is -2.07. The Bertz CT molecular complexity index is 643. The first-order chi connectivity index (χ1) is 10.7. The van der Waals surface area contributed by atoms with E-state index in [0.717, 1.165) is 4.90 Å². The lowest BCUT2D eigenvalue weighted by Crippen LogP contribution is -2.14. The number of amides is 1. The van der Waals surface area contributed by atoms with Gasteiger partial charge in [0, 0.05) is 10.6 Å². The first-order valence-electron chi connectivity index (χ1n) is 6.94. The van der Waals surface area contributed by atoms with Crippen molar-refractivity contribution in [1.29, 1.82) is 0 Å². The molecule has 2 aromatic carbocycles. The Balaban J connectivity index is 1.91. The van der Waals surface area contributed by atoms with Crippen LogP contribution in [0.15, 0.2) is 59.5 Å². The lowest BCUT2D eigenvalue weighted by atomic mass is 10.2. The molecule has 2 rings (SSSR count). The molecule has 0 aliphatic rings. The maximum Gasteiger partial charge on any atom is 0.338 e. The smallest absolute Gasteiger partial charge is 0.338 e. The molecule has 1 N–H and O–H groups in total. The fourth-order valence-electron chi connectivity index (χ4n) is 1.80. The minimum Gasteiger partial charge on any atom is -0.462 e. The van der Waals surface area contributed by atoms with Gasteiger partial charge in [-0.3, -0.25) is 4.79 Å². The zero-order chi connectivity index (χ0) is 15.8. The molecule has 0 radical (unpaired) electrons. The van der Waals surface area contributed by atoms with Crippen molar-refractivity contribution in [3.05, 3.63) is 60.2 Å². The van der Waals surface area contributed by atoms with Crippen LogP contribution < -0.4 is 5.32 Å². The van der Waals surface area contributed by atoms with Crippen LogP contribution in [0.4, 0.5) is 5.69 Å². The number of nitrogens with one attached hydrogen (secondary N) is 1. The molecule has 0 fully saturated rings. The largest absolute Gasteiger partial charge is 0.462 e. The Morgan fingerprint density at radius 3 is 2.59 bits per heavy atom. The second kappa shape index (κ2) is 8.24. The SMILES string of the molecule is CCOC(=O)c1cccc(NC(=O)CSc2ccccc2)c1. The molecule has 0 aromatic heterocycles. The molecular formula is C17H17NO3S. The summed E-state index contributed by atoms with van der Waals surface area (Å²) in [6.07, 6.45) is 0. The van der Waals surface area contributed by atoms with E-state index in [4.69, 9.17) is 4.74 Å². The third-order valence-corrected chi connectivity index (χ3v) is 3.78. The number of ether oxygens (including phenoxy) is 1. The van der Waals surface area contributed by atoms with Gasteiger partial charge >= 0.3 is 5.97 Å². The van der Waals surface area contributed by atoms with Gasteiger partial charge in [-0.1, -0.05) is 24.3 Å². The van der Waals surface area contributed by atoms with Crippen molar-refractivity contribution in [1.82, 2.24) is 0 Å². The molecule has 4 nitrogen and oxygen atoms in total. The molecule has 2 aromatic rings. The van der Waals surface area contributed by atoms with Gasteiger partial charge in [-0.15, -0.1) is 11.8 Å². The standard InChI is InChI=1S/C17H17NO3S/c1-2-21-17(20)13-7-6-8-14(11-13)18-16(19)12-22-15-9-4-3-5-10-15/h3-11H,2,12H2,1H3,(H,18,19). The quantitative estimate of drug-likeness (QED) is 0.654. The van der Waals surface area contributed by atoms with Crippen molar-refractivity contribution in [2.24, 2.45) is 0 Å². The number of benzene rings is 2. The fraction of sp³-hybridized carbons (Fsp3) is 0.176. The molecule has 5 heteroatoms. The topological polar surface area (TPSA) is 55.4 Å². The van der Waals surface area contributed by atoms with Gasteiger partial charge in [0.2, 0.25) is 5.91 Å². The highest BCUT2D eigenvalue weighted by Gasteiger charge is 2.08. The van der Waals surface area contributed by atoms with Crippen LogP contribution in [0.3, 0.4) is 0 Å². The van der Waals surface area contributed by atoms with E-state index < -0.39 is 5.97 Å². The average Bonchev–Trinajstić information content (AvgIpc) is 2.54. The molecule has 0 saturated heterocycles. The summed E-state index contributed by atoms with van der Waals surface area (Å²) in [5, 5.41) is 2.78. The second-order valence-corrected chi connectivity index (χ2v) is 5.50. The summed E-state index contributed by atoms with van der Waals surface area (Å²) in [5.74, 6) is -0.194. The van der Waals surface area contributed by atoms with E-state index in [1.807, 2.05) is 30.3 Å². The predicted molar refractivity (Wildman–Crippen MR) is 88.2 cm³/mol. The van der Waals surface area contributed by atoms with Crippen LogP contribution in [0.25, 0.3) is 0 Å². The molecule has 0 saturated carbocycles. The van der Waals surface area contributed by atoms with Crippen molar-refractivity contribution < 1.29 is 14.3 Å². The number of carbonyl (C=O) groups is 2. The third-order valence-electron chi connectivity index (χ3n) is 2.77. The Labute approximate surface area is 133 Å². The highest BCUT2D eigenvalue weighted by Crippen LogP contribution is 2.18. The Morgan fingerprint density at radius 2 is 1.86 bits per heavy atom. The second-order valence-electron chi connectivity index (χ2n) is 4.45. The van der Waals surface area contributed by atoms with E-state index in [1.165, 1.54) is 11.8 Å². The monoisotopic (exact) mass is 315 g/mol. The molecule has 0 heterocycles. The molecule has 0 aliphatic heterocycles. The van der Waals surface area contributed by atoms with Crippen molar-refractivity contribution in [3.63, 3.8) is 0 Å². The van der Waals surface area contributed by atoms with E-state index >= 15 is 0 Å². The molecule has 0 bridgehead atoms. The van der Waals surface area contributed by atoms with Crippen LogP contribution in [0.2, 0.25) is 0 Å². The van der Waals surface area contributed by atoms with Gasteiger partial charge in [-0.2, -0.15) is 0 Å². The number of anilines is 1. The Hall–Kier alpha value is -2.27. The summed E-state index contributed by atoms with van der Waals surface area (Å²) >= 11 is 1.46. The Kier molecular flexibility index (Phi) is 6.03. The molecule has 0 spiro atoms. The minimum absolute atomic E-state index is 0.116. The van der Waals surface area contributed by atoms with E-state index in [0.29, 0.717) is 23.6 Å². The van der Waals surface area contributed by atoms with Crippen molar-refractivity contribution in [2.45, 2.75) is 11.8 Å². The maximum absolute atomic E-state index is 11.9. The van der Waals surface area contributed by atoms with Crippen LogP contribution in [-0.4, -0.2) is 24.2 Å². The Morgan fingerprint density at radius 1 is 1.09 bits per heavy atom. The zero-order valence-electron chi connectivity index (χ0n) is 12.2. The zero-order valence-corrected chi connectivity index (χ0v) is 13.1. The highest BCUT2D eigenvalue weighted by molar-refractivity contribution is 8.00. The molecule has 0 atom stereocenters. The fourth-order valence-corrected chi connectivity index (χ4v) is 2.52. The lowest BCUT2D eigenvalue weighted by molar-refractivity contribution is -0.113. The van der Waals surface area contributed by atoms with Gasteiger partial charge in [-0.05, 0) is 37.3 Å². The van der Waals surface area contributed by atoms with Gasteiger partial charge in [0.1, 0.15) is 0 Å². The molecule has 1 amide bonds. The highest BCUT2D eigenvalue weighted by atomic mass is 32.2. The number of hydrogen-bond donors (Lipinski definition) is 1. The minimum atomic E-state index is -0.391. The van der Waals surface area contributed by atoms with Gasteiger partial charge < -0.3 is 10.1 Å². The summed E-state index contributed by atoms with van der Waals surface area (Å²) < 4.78 is 4.94. The van der Waals surface area contributed by atoms with E-state index in [1.54, 1.807) is 31.2 Å². The van der Waals surface area contributed by atoms with Gasteiger partial charge in [0.25, 0.3) is 0 Å². The maximum atomic E-state index is 11.9. The van der Waals surface area contributed by atoms with Gasteiger partial charge in [-0.25, -0.2) is 4.79 Å². The van der Waals surface area contributed by atoms with E-state index in [2.05, 4.69) is 5.32 Å². The number of carbonyl (C=O) groups excluding carboxylic acids is 2. The van der Waals surface area contributed by atoms with Crippen LogP contribution in [0.1, 0.15) is 17.3 Å². The summed E-state index contributed by atoms with van der Waals surface area (Å²) in [6.45, 7) is 2.08. The van der Waals surface area contributed by atoms with E-state index in [9.17, 15) is 9.59 Å². The molecular weight excluding hydrogens is 298 g/mol. The van der Waals surface area contributed by atoms with Gasteiger partial charge in [0.15, 0.2) is 0 Å². The first kappa shape index (κ1) is 16.1.